The van der Waals surface area contributed by atoms with E-state index in [0.717, 1.165) is 32.0 Å². The molecule has 1 fully saturated rings. The van der Waals surface area contributed by atoms with Crippen LogP contribution in [0.25, 0.3) is 16.6 Å². The van der Waals surface area contributed by atoms with Gasteiger partial charge in [0.05, 0.1) is 11.2 Å². The number of aromatic nitrogens is 1. The number of rotatable bonds is 3. The monoisotopic (exact) mass is 368 g/mol. The molecule has 1 aliphatic heterocycles. The van der Waals surface area contributed by atoms with E-state index >= 15 is 0 Å². The fourth-order valence-corrected chi connectivity index (χ4v) is 3.51. The third kappa shape index (κ3) is 2.91. The zero-order chi connectivity index (χ0) is 19.1. The van der Waals surface area contributed by atoms with Crippen LogP contribution in [-0.2, 0) is 0 Å². The van der Waals surface area contributed by atoms with Crippen LogP contribution < -0.4 is 10.3 Å². The van der Waals surface area contributed by atoms with Crippen LogP contribution in [0.1, 0.15) is 23.2 Å². The highest BCUT2D eigenvalue weighted by Gasteiger charge is 2.21. The number of carboxylic acid groups (broad SMARTS) is 1. The van der Waals surface area contributed by atoms with Gasteiger partial charge in [0.2, 0.25) is 5.43 Å². The minimum Gasteiger partial charge on any atom is -0.508 e. The number of hydrogen-bond acceptors (Lipinski definition) is 4. The molecular formula is C20H17FN2O4. The maximum atomic E-state index is 14.7. The lowest BCUT2D eigenvalue weighted by Crippen LogP contribution is -2.21. The number of aromatic hydroxyl groups is 1. The zero-order valence-corrected chi connectivity index (χ0v) is 14.4. The second kappa shape index (κ2) is 6.42. The predicted molar refractivity (Wildman–Crippen MR) is 99.6 cm³/mol. The summed E-state index contributed by atoms with van der Waals surface area (Å²) in [6, 6.07) is 8.84. The van der Waals surface area contributed by atoms with Gasteiger partial charge in [-0.2, -0.15) is 0 Å². The van der Waals surface area contributed by atoms with E-state index in [0.29, 0.717) is 16.9 Å². The second-order valence-electron chi connectivity index (χ2n) is 6.58. The molecule has 3 aromatic rings. The quantitative estimate of drug-likeness (QED) is 0.742. The first-order valence-corrected chi connectivity index (χ1v) is 8.62. The number of anilines is 1. The molecule has 6 nitrogen and oxygen atoms in total. The molecule has 4 rings (SSSR count). The van der Waals surface area contributed by atoms with Gasteiger partial charge in [0, 0.05) is 30.4 Å². The number of benzene rings is 2. The Balaban J connectivity index is 2.05. The lowest BCUT2D eigenvalue weighted by Gasteiger charge is -2.20. The largest absolute Gasteiger partial charge is 0.508 e. The molecular weight excluding hydrogens is 351 g/mol. The Morgan fingerprint density at radius 2 is 1.74 bits per heavy atom. The van der Waals surface area contributed by atoms with Gasteiger partial charge in [-0.25, -0.2) is 9.18 Å². The molecule has 0 bridgehead atoms. The summed E-state index contributed by atoms with van der Waals surface area (Å²) in [7, 11) is 0. The number of nitrogens with zero attached hydrogens (tertiary/aromatic N) is 2. The molecule has 0 spiro atoms. The van der Waals surface area contributed by atoms with Crippen molar-refractivity contribution in [2.24, 2.45) is 0 Å². The minimum absolute atomic E-state index is 0.00317. The van der Waals surface area contributed by atoms with Gasteiger partial charge in [0.15, 0.2) is 0 Å². The van der Waals surface area contributed by atoms with E-state index in [1.165, 1.54) is 18.3 Å². The predicted octanol–water partition coefficient (Wildman–Crippen LogP) is 3.13. The topological polar surface area (TPSA) is 82.8 Å². The van der Waals surface area contributed by atoms with Crippen molar-refractivity contribution in [3.8, 4) is 11.4 Å². The van der Waals surface area contributed by atoms with Gasteiger partial charge < -0.3 is 19.7 Å². The molecule has 1 aromatic heterocycles. The van der Waals surface area contributed by atoms with Crippen LogP contribution in [0.4, 0.5) is 10.1 Å². The van der Waals surface area contributed by atoms with Crippen molar-refractivity contribution in [2.45, 2.75) is 12.8 Å². The van der Waals surface area contributed by atoms with E-state index < -0.39 is 22.8 Å². The fraction of sp³-hybridized carbons (Fsp3) is 0.200. The molecule has 138 valence electrons. The number of phenolic OH excluding ortho intramolecular Hbond substituents is 1. The van der Waals surface area contributed by atoms with Gasteiger partial charge in [-0.05, 0) is 49.2 Å². The van der Waals surface area contributed by atoms with Crippen molar-refractivity contribution in [3.05, 3.63) is 64.2 Å². The normalized spacial score (nSPS) is 14.0. The van der Waals surface area contributed by atoms with Crippen molar-refractivity contribution in [1.29, 1.82) is 0 Å². The average Bonchev–Trinajstić information content (AvgIpc) is 3.17. The Morgan fingerprint density at radius 3 is 2.37 bits per heavy atom. The number of carboxylic acids is 1. The van der Waals surface area contributed by atoms with Crippen LogP contribution in [-0.4, -0.2) is 33.8 Å². The first-order chi connectivity index (χ1) is 13.0. The Morgan fingerprint density at radius 1 is 1.07 bits per heavy atom. The van der Waals surface area contributed by atoms with Crippen molar-refractivity contribution >= 4 is 22.6 Å². The van der Waals surface area contributed by atoms with Crippen molar-refractivity contribution in [3.63, 3.8) is 0 Å². The van der Waals surface area contributed by atoms with Crippen LogP contribution in [0.3, 0.4) is 0 Å². The van der Waals surface area contributed by atoms with E-state index in [4.69, 9.17) is 0 Å². The highest BCUT2D eigenvalue weighted by atomic mass is 19.1. The van der Waals surface area contributed by atoms with Gasteiger partial charge in [0.1, 0.15) is 17.1 Å². The minimum atomic E-state index is -1.38. The van der Waals surface area contributed by atoms with Gasteiger partial charge in [-0.3, -0.25) is 4.79 Å². The first kappa shape index (κ1) is 17.1. The summed E-state index contributed by atoms with van der Waals surface area (Å²) >= 11 is 0. The fourth-order valence-electron chi connectivity index (χ4n) is 3.51. The molecule has 7 heteroatoms. The number of pyridine rings is 1. The molecule has 2 heterocycles. The highest BCUT2D eigenvalue weighted by Crippen LogP contribution is 2.29. The lowest BCUT2D eigenvalue weighted by atomic mass is 10.1. The molecule has 0 amide bonds. The molecule has 0 aliphatic carbocycles. The maximum absolute atomic E-state index is 14.7. The number of hydrogen-bond donors (Lipinski definition) is 2. The van der Waals surface area contributed by atoms with Gasteiger partial charge in [-0.15, -0.1) is 0 Å². The Labute approximate surface area is 153 Å². The summed E-state index contributed by atoms with van der Waals surface area (Å²) in [6.45, 7) is 1.47. The molecule has 0 unspecified atom stereocenters. The van der Waals surface area contributed by atoms with Gasteiger partial charge >= 0.3 is 5.97 Å². The van der Waals surface area contributed by atoms with Crippen molar-refractivity contribution in [2.75, 3.05) is 18.0 Å². The SMILES string of the molecule is O=C(O)c1cn(-c2ccc(O)cc2)c2cc(N3CCCC3)c(F)cc2c1=O. The van der Waals surface area contributed by atoms with Crippen LogP contribution in [0.15, 0.2) is 47.4 Å². The third-order valence-corrected chi connectivity index (χ3v) is 4.88. The lowest BCUT2D eigenvalue weighted by molar-refractivity contribution is 0.0695. The van der Waals surface area contributed by atoms with Crippen LogP contribution in [0.5, 0.6) is 5.75 Å². The van der Waals surface area contributed by atoms with Crippen LogP contribution in [0.2, 0.25) is 0 Å². The molecule has 27 heavy (non-hydrogen) atoms. The summed E-state index contributed by atoms with van der Waals surface area (Å²) in [6.07, 6.45) is 3.19. The van der Waals surface area contributed by atoms with E-state index in [2.05, 4.69) is 0 Å². The molecule has 2 N–H and O–H groups in total. The van der Waals surface area contributed by atoms with E-state index in [1.807, 2.05) is 4.90 Å². The summed E-state index contributed by atoms with van der Waals surface area (Å²) in [5, 5.41) is 18.9. The van der Waals surface area contributed by atoms with E-state index in [-0.39, 0.29) is 11.1 Å². The number of fused-ring (bicyclic) bond motifs is 1. The average molecular weight is 368 g/mol. The number of carbonyl (C=O) groups is 1. The Bertz CT molecular complexity index is 1100. The maximum Gasteiger partial charge on any atom is 0.341 e. The number of aromatic carboxylic acids is 1. The molecule has 0 radical (unpaired) electrons. The van der Waals surface area contributed by atoms with Crippen molar-refractivity contribution < 1.29 is 19.4 Å². The molecule has 1 saturated heterocycles. The van der Waals surface area contributed by atoms with E-state index in [1.54, 1.807) is 22.8 Å². The molecule has 1 aliphatic rings. The van der Waals surface area contributed by atoms with E-state index in [9.17, 15) is 24.2 Å². The highest BCUT2D eigenvalue weighted by molar-refractivity contribution is 5.94. The summed E-state index contributed by atoms with van der Waals surface area (Å²) in [5.41, 5.74) is 0.205. The number of halogens is 1. The Kier molecular flexibility index (Phi) is 4.07. The summed E-state index contributed by atoms with van der Waals surface area (Å²) < 4.78 is 16.2. The number of phenols is 1. The second-order valence-corrected chi connectivity index (χ2v) is 6.58. The molecule has 2 aromatic carbocycles. The van der Waals surface area contributed by atoms with Crippen LogP contribution >= 0.6 is 0 Å². The van der Waals surface area contributed by atoms with Gasteiger partial charge in [-0.1, -0.05) is 0 Å². The standard InChI is InChI=1S/C20H17FN2O4/c21-16-9-14-17(10-18(16)22-7-1-2-8-22)23(11-15(19(14)25)20(26)27)12-3-5-13(24)6-4-12/h3-6,9-11,24H,1-2,7-8H2,(H,26,27). The van der Waals surface area contributed by atoms with Crippen molar-refractivity contribution in [1.82, 2.24) is 4.57 Å². The smallest absolute Gasteiger partial charge is 0.341 e. The van der Waals surface area contributed by atoms with Crippen LogP contribution in [0, 0.1) is 5.82 Å². The first-order valence-electron chi connectivity index (χ1n) is 8.62. The Hall–Kier alpha value is -3.35. The molecule has 0 saturated carbocycles. The third-order valence-electron chi connectivity index (χ3n) is 4.88. The summed E-state index contributed by atoms with van der Waals surface area (Å²) in [4.78, 5) is 26.0. The molecule has 0 atom stereocenters. The summed E-state index contributed by atoms with van der Waals surface area (Å²) in [5.74, 6) is -1.86. The van der Waals surface area contributed by atoms with Gasteiger partial charge in [0.25, 0.3) is 0 Å². The zero-order valence-electron chi connectivity index (χ0n) is 14.4.